The summed E-state index contributed by atoms with van der Waals surface area (Å²) in [4.78, 5) is 4.41. The second kappa shape index (κ2) is 22.1. The fourth-order valence-corrected chi connectivity index (χ4v) is 2.82. The molecule has 0 aromatic carbocycles. The van der Waals surface area contributed by atoms with Gasteiger partial charge in [-0.1, -0.05) is 0 Å². The number of halogens is 2. The van der Waals surface area contributed by atoms with Crippen molar-refractivity contribution in [3.05, 3.63) is 0 Å². The topological polar surface area (TPSA) is 6.48 Å². The van der Waals surface area contributed by atoms with Gasteiger partial charge in [0.1, 0.15) is 0 Å². The molecule has 2 aliphatic heterocycles. The summed E-state index contributed by atoms with van der Waals surface area (Å²) < 4.78 is 0.106. The molecular formula is C10H23Bi2Cl2N2S5-2. The van der Waals surface area contributed by atoms with Crippen molar-refractivity contribution >= 4 is 120 Å². The summed E-state index contributed by atoms with van der Waals surface area (Å²) in [5.41, 5.74) is 0. The van der Waals surface area contributed by atoms with E-state index in [9.17, 15) is 0 Å². The Morgan fingerprint density at radius 1 is 0.905 bits per heavy atom. The van der Waals surface area contributed by atoms with Gasteiger partial charge in [0.2, 0.25) is 0 Å². The van der Waals surface area contributed by atoms with E-state index >= 15 is 0 Å². The summed E-state index contributed by atoms with van der Waals surface area (Å²) in [5, 5.41) is 0. The van der Waals surface area contributed by atoms with E-state index in [0.29, 0.717) is 0 Å². The van der Waals surface area contributed by atoms with Crippen LogP contribution in [0.2, 0.25) is 0 Å². The zero-order chi connectivity index (χ0) is 16.0. The van der Waals surface area contributed by atoms with Crippen LogP contribution in [0.5, 0.6) is 0 Å². The van der Waals surface area contributed by atoms with Crippen LogP contribution in [0.1, 0.15) is 25.7 Å². The fourth-order valence-electron chi connectivity index (χ4n) is 1.93. The van der Waals surface area contributed by atoms with Crippen LogP contribution in [0, 0.1) is 8.51 Å². The standard InChI is InChI=1S/2C5H11NS2.2Bi.2ClH.H2S.H/c2*7-5(8)6-3-1-2-4-6;;;;;;/h2*5,7-8H,1-4H2;;;2*1H;1H2;/q;;2*+1;;;;/p-4. The number of nitrogens with zero attached hydrogens (tertiary/aromatic N) is 2. The molecule has 0 saturated carbocycles. The number of hydrogen-bond acceptors (Lipinski definition) is 6. The smallest absolute Gasteiger partial charge is 0.0523 e. The van der Waals surface area contributed by atoms with Crippen LogP contribution >= 0.6 is 8.51 Å². The summed E-state index contributed by atoms with van der Waals surface area (Å²) in [7, 11) is 8.97. The molecule has 2 nitrogen and oxygen atoms in total. The van der Waals surface area contributed by atoms with Crippen LogP contribution in [0.4, 0.5) is 0 Å². The van der Waals surface area contributed by atoms with Gasteiger partial charge in [0.15, 0.2) is 0 Å². The van der Waals surface area contributed by atoms with E-state index in [1.54, 1.807) is 0 Å². The summed E-state index contributed by atoms with van der Waals surface area (Å²) in [6, 6.07) is 0. The van der Waals surface area contributed by atoms with E-state index in [0.717, 1.165) is 60.1 Å². The van der Waals surface area contributed by atoms with E-state index in [-0.39, 0.29) is 22.9 Å². The molecule has 2 saturated heterocycles. The summed E-state index contributed by atoms with van der Waals surface area (Å²) >= 11 is 19.9. The third-order valence-corrected chi connectivity index (χ3v) is 4.17. The van der Waals surface area contributed by atoms with E-state index in [4.69, 9.17) is 46.4 Å². The zero-order valence-electron chi connectivity index (χ0n) is 11.6. The van der Waals surface area contributed by atoms with Crippen LogP contribution in [-0.4, -0.2) is 92.4 Å². The van der Waals surface area contributed by atoms with Gasteiger partial charge in [0.25, 0.3) is 0 Å². The number of thiol groups is 1. The van der Waals surface area contributed by atoms with Gasteiger partial charge in [-0.05, 0) is 51.4 Å². The van der Waals surface area contributed by atoms with Gasteiger partial charge < -0.3 is 56.3 Å². The van der Waals surface area contributed by atoms with Crippen molar-refractivity contribution in [2.75, 3.05) is 26.2 Å². The first-order valence-electron chi connectivity index (χ1n) is 6.15. The molecule has 21 heavy (non-hydrogen) atoms. The third kappa shape index (κ3) is 17.2. The first-order chi connectivity index (χ1) is 9.61. The number of hydrogen-bond donors (Lipinski definition) is 0. The van der Waals surface area contributed by atoms with Crippen molar-refractivity contribution in [3.63, 3.8) is 0 Å². The minimum Gasteiger partial charge on any atom is -0.813 e. The molecule has 1 atom stereocenters. The molecular weight excluding hydrogens is 797 g/mol. The van der Waals surface area contributed by atoms with Crippen LogP contribution in [-0.2, 0) is 64.0 Å². The quantitative estimate of drug-likeness (QED) is 0.160. The van der Waals surface area contributed by atoms with E-state index < -0.39 is 0 Å². The van der Waals surface area contributed by atoms with Crippen molar-refractivity contribution in [3.8, 4) is 0 Å². The largest absolute Gasteiger partial charge is 0.813 e. The Labute approximate surface area is 196 Å². The van der Waals surface area contributed by atoms with Crippen molar-refractivity contribution in [1.82, 2.24) is 9.80 Å². The van der Waals surface area contributed by atoms with Crippen molar-refractivity contribution in [1.29, 1.82) is 0 Å². The Hall–Kier alpha value is 4.02. The Balaban J connectivity index is -0.000000240. The average Bonchev–Trinajstić information content (AvgIpc) is 3.17. The van der Waals surface area contributed by atoms with Gasteiger partial charge in [0.05, 0.1) is 4.71 Å². The van der Waals surface area contributed by atoms with Gasteiger partial charge in [-0.2, -0.15) is 0 Å². The maximum absolute atomic E-state index is 4.98. The minimum absolute atomic E-state index is 0. The Morgan fingerprint density at radius 3 is 1.33 bits per heavy atom. The van der Waals surface area contributed by atoms with Crippen LogP contribution in [0.3, 0.4) is 0 Å². The molecule has 2 fully saturated rings. The minimum atomic E-state index is -0.0579. The van der Waals surface area contributed by atoms with Crippen molar-refractivity contribution in [2.24, 2.45) is 0 Å². The molecule has 1 unspecified atom stereocenters. The predicted molar refractivity (Wildman–Crippen MR) is 110 cm³/mol. The molecule has 11 heteroatoms. The van der Waals surface area contributed by atoms with E-state index in [1.807, 2.05) is 0 Å². The molecule has 129 valence electrons. The molecule has 0 aliphatic carbocycles. The molecule has 0 spiro atoms. The first kappa shape index (κ1) is 29.8. The Kier molecular flexibility index (Phi) is 31.3. The maximum Gasteiger partial charge on any atom is 0.0523 e. The molecule has 2 heterocycles. The predicted octanol–water partition coefficient (Wildman–Crippen LogP) is -0.494. The van der Waals surface area contributed by atoms with Crippen molar-refractivity contribution in [2.45, 2.75) is 35.1 Å². The van der Waals surface area contributed by atoms with Crippen LogP contribution < -0.4 is 0 Å². The summed E-state index contributed by atoms with van der Waals surface area (Å²) in [6.07, 6.45) is 5.20. The average molecular weight is 821 g/mol. The zero-order valence-corrected chi connectivity index (χ0v) is 24.9. The molecule has 0 aromatic heterocycles. The first-order valence-corrected chi connectivity index (χ1v) is 17.6. The monoisotopic (exact) mass is 819 g/mol. The SMILES string of the molecule is [ClH+][BiH].[Cl][Bi].[S-]C([S-])N1CCCC1.[S-]C([SH2+])N1CCCC1.[SH-]. The van der Waals surface area contributed by atoms with E-state index in [2.05, 4.69) is 30.9 Å². The van der Waals surface area contributed by atoms with Gasteiger partial charge in [-0.3, -0.25) is 4.90 Å². The molecule has 0 amide bonds. The molecule has 0 aromatic rings. The fraction of sp³-hybridized carbons (Fsp3) is 1.00. The number of rotatable bonds is 2. The van der Waals surface area contributed by atoms with Gasteiger partial charge in [0, 0.05) is 13.1 Å². The Bertz CT molecular complexity index is 178. The molecule has 2 rings (SSSR count). The second-order valence-corrected chi connectivity index (χ2v) is 6.75. The third-order valence-electron chi connectivity index (χ3n) is 2.91. The number of likely N-dealkylation sites (tertiary alicyclic amines) is 2. The Morgan fingerprint density at radius 2 is 1.19 bits per heavy atom. The van der Waals surface area contributed by atoms with Crippen molar-refractivity contribution < 1.29 is 8.51 Å². The summed E-state index contributed by atoms with van der Waals surface area (Å²) in [5.74, 6) is 0. The maximum atomic E-state index is 4.98. The van der Waals surface area contributed by atoms with Crippen LogP contribution in [0.25, 0.3) is 0 Å². The van der Waals surface area contributed by atoms with Gasteiger partial charge in [-0.15, -0.1) is 0 Å². The molecule has 3 radical (unpaired) electrons. The van der Waals surface area contributed by atoms with Gasteiger partial charge >= 0.3 is 64.1 Å². The van der Waals surface area contributed by atoms with E-state index in [1.165, 1.54) is 38.8 Å². The molecule has 0 bridgehead atoms. The second-order valence-electron chi connectivity index (χ2n) is 4.15. The normalized spacial score (nSPS) is 19.3. The van der Waals surface area contributed by atoms with Gasteiger partial charge in [-0.25, -0.2) is 4.71 Å². The molecule has 0 N–H and O–H groups in total. The molecule has 2 aliphatic rings. The summed E-state index contributed by atoms with van der Waals surface area (Å²) in [6.45, 7) is 4.60. The van der Waals surface area contributed by atoms with Crippen LogP contribution in [0.15, 0.2) is 0 Å².